The molecule has 0 aliphatic rings. The summed E-state index contributed by atoms with van der Waals surface area (Å²) in [6, 6.07) is 5.75. The monoisotopic (exact) mass is 285 g/mol. The smallest absolute Gasteiger partial charge is 0.123 e. The summed E-state index contributed by atoms with van der Waals surface area (Å²) in [6.45, 7) is 5.16. The van der Waals surface area contributed by atoms with Gasteiger partial charge in [-0.05, 0) is 24.3 Å². The molecule has 5 heteroatoms. The predicted molar refractivity (Wildman–Crippen MR) is 78.3 cm³/mol. The molecule has 0 fully saturated rings. The van der Waals surface area contributed by atoms with E-state index in [4.69, 9.17) is 4.74 Å². The van der Waals surface area contributed by atoms with Crippen molar-refractivity contribution in [3.8, 4) is 5.75 Å². The van der Waals surface area contributed by atoms with Crippen LogP contribution in [0.4, 0.5) is 4.39 Å². The Balaban J connectivity index is 2.06. The number of hydrogen-bond acceptors (Lipinski definition) is 4. The van der Waals surface area contributed by atoms with Crippen molar-refractivity contribution in [2.45, 2.75) is 6.10 Å². The SMILES string of the molecule is C=CCSCCNCC(O)COc1ccc(F)cc1. The minimum absolute atomic E-state index is 0.193. The molecular weight excluding hydrogens is 265 g/mol. The Kier molecular flexibility index (Phi) is 8.29. The number of ether oxygens (including phenoxy) is 1. The first kappa shape index (κ1) is 16.0. The van der Waals surface area contributed by atoms with Crippen LogP contribution in [0.2, 0.25) is 0 Å². The molecule has 2 N–H and O–H groups in total. The summed E-state index contributed by atoms with van der Waals surface area (Å²) in [4.78, 5) is 0. The topological polar surface area (TPSA) is 41.5 Å². The average molecular weight is 285 g/mol. The maximum absolute atomic E-state index is 12.7. The second-order valence-electron chi connectivity index (χ2n) is 3.99. The van der Waals surface area contributed by atoms with Gasteiger partial charge in [0.2, 0.25) is 0 Å². The summed E-state index contributed by atoms with van der Waals surface area (Å²) in [6.07, 6.45) is 1.30. The molecule has 1 rings (SSSR count). The molecule has 0 aromatic heterocycles. The first-order chi connectivity index (χ1) is 9.22. The zero-order valence-electron chi connectivity index (χ0n) is 10.8. The van der Waals surface area contributed by atoms with Crippen LogP contribution in [0.3, 0.4) is 0 Å². The Bertz CT molecular complexity index is 359. The molecule has 3 nitrogen and oxygen atoms in total. The maximum atomic E-state index is 12.7. The van der Waals surface area contributed by atoms with Crippen LogP contribution in [0.15, 0.2) is 36.9 Å². The Morgan fingerprint density at radius 1 is 1.42 bits per heavy atom. The molecule has 106 valence electrons. The third-order valence-corrected chi connectivity index (χ3v) is 3.26. The van der Waals surface area contributed by atoms with Gasteiger partial charge in [0.05, 0.1) is 0 Å². The highest BCUT2D eigenvalue weighted by molar-refractivity contribution is 7.99. The zero-order chi connectivity index (χ0) is 13.9. The Morgan fingerprint density at radius 3 is 2.84 bits per heavy atom. The lowest BCUT2D eigenvalue weighted by Crippen LogP contribution is -2.32. The first-order valence-corrected chi connectivity index (χ1v) is 7.33. The molecule has 0 heterocycles. The molecule has 0 bridgehead atoms. The van der Waals surface area contributed by atoms with E-state index in [1.54, 1.807) is 23.9 Å². The fourth-order valence-corrected chi connectivity index (χ4v) is 1.98. The van der Waals surface area contributed by atoms with E-state index in [0.717, 1.165) is 18.1 Å². The summed E-state index contributed by atoms with van der Waals surface area (Å²) < 4.78 is 18.0. The standard InChI is InChI=1S/C14H20FNO2S/c1-2-8-19-9-7-16-10-13(17)11-18-14-5-3-12(15)4-6-14/h2-6,13,16-17H,1,7-11H2. The van der Waals surface area contributed by atoms with Gasteiger partial charge >= 0.3 is 0 Å². The van der Waals surface area contributed by atoms with Crippen molar-refractivity contribution >= 4 is 11.8 Å². The van der Waals surface area contributed by atoms with Crippen LogP contribution >= 0.6 is 11.8 Å². The fourth-order valence-electron chi connectivity index (χ4n) is 1.36. The highest BCUT2D eigenvalue weighted by Crippen LogP contribution is 2.11. The van der Waals surface area contributed by atoms with Gasteiger partial charge in [-0.1, -0.05) is 6.08 Å². The largest absolute Gasteiger partial charge is 0.491 e. The lowest BCUT2D eigenvalue weighted by molar-refractivity contribution is 0.107. The normalized spacial score (nSPS) is 12.1. The van der Waals surface area contributed by atoms with Gasteiger partial charge in [0.15, 0.2) is 0 Å². The second kappa shape index (κ2) is 9.83. The molecule has 1 atom stereocenters. The third-order valence-electron chi connectivity index (χ3n) is 2.29. The van der Waals surface area contributed by atoms with Crippen molar-refractivity contribution in [2.24, 2.45) is 0 Å². The van der Waals surface area contributed by atoms with Gasteiger partial charge in [0, 0.05) is 24.6 Å². The zero-order valence-corrected chi connectivity index (χ0v) is 11.7. The predicted octanol–water partition coefficient (Wildman–Crippen LogP) is 2.07. The van der Waals surface area contributed by atoms with Gasteiger partial charge in [-0.25, -0.2) is 4.39 Å². The van der Waals surface area contributed by atoms with E-state index in [1.165, 1.54) is 12.1 Å². The van der Waals surface area contributed by atoms with Crippen molar-refractivity contribution in [3.63, 3.8) is 0 Å². The molecule has 0 aliphatic carbocycles. The molecule has 0 aliphatic heterocycles. The molecule has 1 aromatic carbocycles. The lowest BCUT2D eigenvalue weighted by atomic mass is 10.3. The van der Waals surface area contributed by atoms with E-state index < -0.39 is 6.10 Å². The van der Waals surface area contributed by atoms with Gasteiger partial charge < -0.3 is 15.2 Å². The second-order valence-corrected chi connectivity index (χ2v) is 5.14. The molecule has 0 saturated carbocycles. The van der Waals surface area contributed by atoms with Gasteiger partial charge in [0.1, 0.15) is 24.3 Å². The number of aliphatic hydroxyl groups is 1. The fraction of sp³-hybridized carbons (Fsp3) is 0.429. The third kappa shape index (κ3) is 7.87. The van der Waals surface area contributed by atoms with E-state index in [9.17, 15) is 9.50 Å². The van der Waals surface area contributed by atoms with Crippen LogP contribution in [0, 0.1) is 5.82 Å². The van der Waals surface area contributed by atoms with Crippen LogP contribution in [0.25, 0.3) is 0 Å². The van der Waals surface area contributed by atoms with Crippen molar-refractivity contribution in [3.05, 3.63) is 42.7 Å². The Hall–Kier alpha value is -1.04. The Labute approximate surface area is 117 Å². The van der Waals surface area contributed by atoms with Crippen LogP contribution in [-0.2, 0) is 0 Å². The van der Waals surface area contributed by atoms with Crippen LogP contribution in [0.5, 0.6) is 5.75 Å². The maximum Gasteiger partial charge on any atom is 0.123 e. The van der Waals surface area contributed by atoms with E-state index in [0.29, 0.717) is 12.3 Å². The highest BCUT2D eigenvalue weighted by atomic mass is 32.2. The van der Waals surface area contributed by atoms with E-state index in [1.807, 2.05) is 6.08 Å². The lowest BCUT2D eigenvalue weighted by Gasteiger charge is -2.13. The van der Waals surface area contributed by atoms with Crippen LogP contribution < -0.4 is 10.1 Å². The van der Waals surface area contributed by atoms with Crippen molar-refractivity contribution in [2.75, 3.05) is 31.2 Å². The number of thioether (sulfide) groups is 1. The first-order valence-electron chi connectivity index (χ1n) is 6.18. The average Bonchev–Trinajstić information content (AvgIpc) is 2.42. The van der Waals surface area contributed by atoms with Crippen LogP contribution in [-0.4, -0.2) is 42.4 Å². The van der Waals surface area contributed by atoms with Crippen molar-refractivity contribution < 1.29 is 14.2 Å². The van der Waals surface area contributed by atoms with E-state index in [2.05, 4.69) is 11.9 Å². The van der Waals surface area contributed by atoms with Gasteiger partial charge in [-0.15, -0.1) is 6.58 Å². The summed E-state index contributed by atoms with van der Waals surface area (Å²) >= 11 is 1.79. The van der Waals surface area contributed by atoms with Gasteiger partial charge in [-0.2, -0.15) is 11.8 Å². The van der Waals surface area contributed by atoms with Crippen molar-refractivity contribution in [1.82, 2.24) is 5.32 Å². The summed E-state index contributed by atoms with van der Waals surface area (Å²) in [7, 11) is 0. The number of hydrogen-bond donors (Lipinski definition) is 2. The van der Waals surface area contributed by atoms with Gasteiger partial charge in [-0.3, -0.25) is 0 Å². The number of halogens is 1. The quantitative estimate of drug-likeness (QED) is 0.510. The molecule has 1 aromatic rings. The summed E-state index contributed by atoms with van der Waals surface area (Å²) in [5.74, 6) is 2.18. The summed E-state index contributed by atoms with van der Waals surface area (Å²) in [5, 5.41) is 12.8. The highest BCUT2D eigenvalue weighted by Gasteiger charge is 2.04. The van der Waals surface area contributed by atoms with Crippen molar-refractivity contribution in [1.29, 1.82) is 0 Å². The van der Waals surface area contributed by atoms with Crippen LogP contribution in [0.1, 0.15) is 0 Å². The summed E-state index contributed by atoms with van der Waals surface area (Å²) in [5.41, 5.74) is 0. The Morgan fingerprint density at radius 2 is 2.16 bits per heavy atom. The number of nitrogens with one attached hydrogen (secondary N) is 1. The number of rotatable bonds is 10. The molecule has 1 unspecified atom stereocenters. The van der Waals surface area contributed by atoms with E-state index in [-0.39, 0.29) is 12.4 Å². The molecular formula is C14H20FNO2S. The number of benzene rings is 1. The number of aliphatic hydroxyl groups excluding tert-OH is 1. The minimum atomic E-state index is -0.575. The molecule has 0 spiro atoms. The molecule has 0 radical (unpaired) electrons. The minimum Gasteiger partial charge on any atom is -0.491 e. The molecule has 0 amide bonds. The molecule has 0 saturated heterocycles. The molecule has 19 heavy (non-hydrogen) atoms. The van der Waals surface area contributed by atoms with E-state index >= 15 is 0 Å². The van der Waals surface area contributed by atoms with Gasteiger partial charge in [0.25, 0.3) is 0 Å².